The van der Waals surface area contributed by atoms with Crippen LogP contribution in [-0.4, -0.2) is 56.2 Å². The Hall–Kier alpha value is -2.65. The molecule has 0 radical (unpaired) electrons. The fourth-order valence-electron chi connectivity index (χ4n) is 1.57. The number of nitrogens with two attached hydrogens (primary N) is 2. The molecule has 2 rings (SSSR count). The molecule has 2 aromatic heterocycles. The number of nitrogens with zero attached hydrogens (tertiary/aromatic N) is 4. The first kappa shape index (κ1) is 21.6. The number of alkyl carbamates (subject to hydrolysis) is 1. The topological polar surface area (TPSA) is 188 Å². The van der Waals surface area contributed by atoms with Crippen LogP contribution in [0.25, 0.3) is 0 Å². The maximum Gasteiger partial charge on any atom is 0.413 e. The molecular weight excluding hydrogens is 428 g/mol. The van der Waals surface area contributed by atoms with Gasteiger partial charge in [0.2, 0.25) is 16.9 Å². The highest BCUT2D eigenvalue weighted by atomic mass is 32.2. The highest BCUT2D eigenvalue weighted by Gasteiger charge is 2.13. The van der Waals surface area contributed by atoms with Crippen molar-refractivity contribution in [1.29, 1.82) is 0 Å². The summed E-state index contributed by atoms with van der Waals surface area (Å²) in [5.41, 5.74) is 11.1. The fourth-order valence-corrected chi connectivity index (χ4v) is 3.82. The van der Waals surface area contributed by atoms with Crippen LogP contribution >= 0.6 is 34.9 Å². The number of hydrogen-bond donors (Lipinski definition) is 4. The Kier molecular flexibility index (Phi) is 8.21. The van der Waals surface area contributed by atoms with Gasteiger partial charge in [-0.1, -0.05) is 34.9 Å². The minimum atomic E-state index is -0.804. The molecule has 0 aliphatic heterocycles. The number of nitrogens with one attached hydrogen (secondary N) is 2. The van der Waals surface area contributed by atoms with Crippen LogP contribution in [0.5, 0.6) is 0 Å². The van der Waals surface area contributed by atoms with Gasteiger partial charge in [-0.05, 0) is 6.92 Å². The molecule has 0 atom stereocenters. The number of hydrogen-bond acceptors (Lipinski definition) is 13. The summed E-state index contributed by atoms with van der Waals surface area (Å²) in [6.07, 6.45) is -0.804. The first-order valence-electron chi connectivity index (χ1n) is 7.61. The summed E-state index contributed by atoms with van der Waals surface area (Å²) in [4.78, 5) is 42.6. The molecule has 0 aliphatic rings. The molecule has 3 amide bonds. The molecule has 0 spiro atoms. The summed E-state index contributed by atoms with van der Waals surface area (Å²) >= 11 is 3.23. The maximum absolute atomic E-state index is 12.0. The second kappa shape index (κ2) is 10.6. The Morgan fingerprint density at radius 2 is 1.79 bits per heavy atom. The Morgan fingerprint density at radius 1 is 1.11 bits per heavy atom. The number of ether oxygens (including phenoxy) is 1. The Labute approximate surface area is 171 Å². The predicted octanol–water partition coefficient (Wildman–Crippen LogP) is 0.588. The monoisotopic (exact) mass is 444 g/mol. The van der Waals surface area contributed by atoms with Gasteiger partial charge in [-0.25, -0.2) is 14.8 Å². The summed E-state index contributed by atoms with van der Waals surface area (Å²) in [5.74, 6) is -0.469. The molecule has 28 heavy (non-hydrogen) atoms. The molecule has 0 unspecified atom stereocenters. The molecule has 0 fully saturated rings. The van der Waals surface area contributed by atoms with E-state index in [1.165, 1.54) is 6.07 Å². The molecule has 2 heterocycles. The predicted molar refractivity (Wildman–Crippen MR) is 106 cm³/mol. The van der Waals surface area contributed by atoms with Crippen LogP contribution in [0.2, 0.25) is 0 Å². The van der Waals surface area contributed by atoms with E-state index < -0.39 is 12.0 Å². The number of nitrogen functional groups attached to an aromatic ring is 2. The lowest BCUT2D eigenvalue weighted by Gasteiger charge is -2.02. The van der Waals surface area contributed by atoms with E-state index in [4.69, 9.17) is 11.5 Å². The van der Waals surface area contributed by atoms with E-state index >= 15 is 0 Å². The lowest BCUT2D eigenvalue weighted by atomic mass is 10.5. The van der Waals surface area contributed by atoms with E-state index in [-0.39, 0.29) is 45.9 Å². The zero-order valence-corrected chi connectivity index (χ0v) is 16.9. The minimum absolute atomic E-state index is 0.0207. The van der Waals surface area contributed by atoms with Crippen molar-refractivity contribution in [2.75, 3.05) is 34.9 Å². The number of carbonyl (C=O) groups excluding carboxylic acids is 3. The Balaban J connectivity index is 1.76. The van der Waals surface area contributed by atoms with Crippen molar-refractivity contribution >= 4 is 69.5 Å². The van der Waals surface area contributed by atoms with Crippen LogP contribution in [0, 0.1) is 0 Å². The van der Waals surface area contributed by atoms with Crippen LogP contribution in [0.1, 0.15) is 6.92 Å². The van der Waals surface area contributed by atoms with Crippen molar-refractivity contribution in [1.82, 2.24) is 25.5 Å². The second-order valence-corrected chi connectivity index (χ2v) is 7.91. The van der Waals surface area contributed by atoms with Gasteiger partial charge >= 0.3 is 6.09 Å². The van der Waals surface area contributed by atoms with Crippen molar-refractivity contribution in [3.05, 3.63) is 6.07 Å². The van der Waals surface area contributed by atoms with Crippen molar-refractivity contribution in [3.63, 3.8) is 0 Å². The number of imide groups is 1. The molecule has 0 aromatic carbocycles. The highest BCUT2D eigenvalue weighted by molar-refractivity contribution is 8.01. The smallest absolute Gasteiger partial charge is 0.413 e. The summed E-state index contributed by atoms with van der Waals surface area (Å²) in [5, 5.41) is 12.9. The molecule has 15 heteroatoms. The zero-order valence-electron chi connectivity index (χ0n) is 14.5. The lowest BCUT2D eigenvalue weighted by molar-refractivity contribution is -0.118. The summed E-state index contributed by atoms with van der Waals surface area (Å²) < 4.78 is 5.06. The fraction of sp³-hybridized carbons (Fsp3) is 0.308. The van der Waals surface area contributed by atoms with Gasteiger partial charge in [0.25, 0.3) is 0 Å². The van der Waals surface area contributed by atoms with Crippen molar-refractivity contribution in [3.8, 4) is 0 Å². The molecule has 12 nitrogen and oxygen atoms in total. The van der Waals surface area contributed by atoms with Crippen molar-refractivity contribution in [2.24, 2.45) is 0 Å². The minimum Gasteiger partial charge on any atom is -0.450 e. The normalized spacial score (nSPS) is 10.3. The van der Waals surface area contributed by atoms with Gasteiger partial charge in [0.1, 0.15) is 11.6 Å². The number of amides is 3. The number of aromatic nitrogens is 4. The first-order valence-corrected chi connectivity index (χ1v) is 10.4. The van der Waals surface area contributed by atoms with E-state index in [1.54, 1.807) is 6.92 Å². The molecule has 0 saturated carbocycles. The van der Waals surface area contributed by atoms with E-state index in [0.29, 0.717) is 4.34 Å². The number of thioether (sulfide) groups is 2. The van der Waals surface area contributed by atoms with Crippen LogP contribution < -0.4 is 22.1 Å². The van der Waals surface area contributed by atoms with E-state index in [2.05, 4.69) is 35.5 Å². The second-order valence-electron chi connectivity index (χ2n) is 4.77. The quantitative estimate of drug-likeness (QED) is 0.252. The number of rotatable bonds is 8. The van der Waals surface area contributed by atoms with Crippen LogP contribution in [0.15, 0.2) is 15.6 Å². The van der Waals surface area contributed by atoms with E-state index in [9.17, 15) is 14.4 Å². The van der Waals surface area contributed by atoms with Crippen LogP contribution in [0.4, 0.5) is 21.6 Å². The largest absolute Gasteiger partial charge is 0.450 e. The van der Waals surface area contributed by atoms with Crippen LogP contribution in [-0.2, 0) is 14.3 Å². The van der Waals surface area contributed by atoms with E-state index in [1.807, 2.05) is 0 Å². The molecular formula is C13H16N8O4S3. The third-order valence-electron chi connectivity index (χ3n) is 2.57. The number of carbonyl (C=O) groups is 3. The van der Waals surface area contributed by atoms with Crippen molar-refractivity contribution in [2.45, 2.75) is 16.4 Å². The molecule has 2 aromatic rings. The number of anilines is 3. The molecule has 0 aliphatic carbocycles. The van der Waals surface area contributed by atoms with Gasteiger partial charge < -0.3 is 16.2 Å². The summed E-state index contributed by atoms with van der Waals surface area (Å²) in [6.45, 7) is 1.80. The lowest BCUT2D eigenvalue weighted by Crippen LogP contribution is -2.32. The Bertz CT molecular complexity index is 842. The Morgan fingerprint density at radius 3 is 2.46 bits per heavy atom. The van der Waals surface area contributed by atoms with Gasteiger partial charge in [0.05, 0.1) is 18.1 Å². The molecule has 0 saturated heterocycles. The third-order valence-corrected chi connectivity index (χ3v) is 5.39. The average molecular weight is 445 g/mol. The summed E-state index contributed by atoms with van der Waals surface area (Å²) in [7, 11) is 0. The standard InChI is InChI=1S/C13H16N8O4S3/c1-2-25-12(24)19-9(23)5-27-13-21-20-11(28-13)18-8(22)4-26-10-16-6(14)3-7(15)17-10/h3H,2,4-5H2,1H3,(H,18,20,22)(H,19,23,24)(H4,14,15,16,17). The molecule has 150 valence electrons. The van der Waals surface area contributed by atoms with Gasteiger partial charge in [-0.3, -0.25) is 20.2 Å². The van der Waals surface area contributed by atoms with Crippen LogP contribution in [0.3, 0.4) is 0 Å². The zero-order chi connectivity index (χ0) is 20.5. The van der Waals surface area contributed by atoms with E-state index in [0.717, 1.165) is 34.9 Å². The van der Waals surface area contributed by atoms with Gasteiger partial charge in [0, 0.05) is 6.07 Å². The summed E-state index contributed by atoms with van der Waals surface area (Å²) in [6, 6.07) is 1.41. The maximum atomic E-state index is 12.0. The van der Waals surface area contributed by atoms with Gasteiger partial charge in [-0.2, -0.15) is 0 Å². The SMILES string of the molecule is CCOC(=O)NC(=O)CSc1nnc(NC(=O)CSc2nc(N)cc(N)n2)s1. The first-order chi connectivity index (χ1) is 13.4. The molecule has 6 N–H and O–H groups in total. The van der Waals surface area contributed by atoms with Gasteiger partial charge in [0.15, 0.2) is 9.50 Å². The van der Waals surface area contributed by atoms with Gasteiger partial charge in [-0.15, -0.1) is 10.2 Å². The average Bonchev–Trinajstić information content (AvgIpc) is 3.05. The highest BCUT2D eigenvalue weighted by Crippen LogP contribution is 2.25. The van der Waals surface area contributed by atoms with Crippen molar-refractivity contribution < 1.29 is 19.1 Å². The third kappa shape index (κ3) is 7.53. The molecule has 0 bridgehead atoms.